The molecule has 13 heavy (non-hydrogen) atoms. The van der Waals surface area contributed by atoms with Gasteiger partial charge in [-0.2, -0.15) is 13.2 Å². The normalized spacial score (nSPS) is 15.5. The number of halogens is 5. The van der Waals surface area contributed by atoms with Crippen molar-refractivity contribution in [2.45, 2.75) is 25.4 Å². The second kappa shape index (κ2) is 3.47. The van der Waals surface area contributed by atoms with Crippen LogP contribution < -0.4 is 0 Å². The second-order valence-electron chi connectivity index (χ2n) is 2.65. The van der Waals surface area contributed by atoms with Gasteiger partial charge in [0.15, 0.2) is 0 Å². The molecule has 0 radical (unpaired) electrons. The first-order chi connectivity index (χ1) is 5.55. The maximum absolute atomic E-state index is 12.3. The first-order valence-corrected chi connectivity index (χ1v) is 3.21. The smallest absolute Gasteiger partial charge is 0.398 e. The van der Waals surface area contributed by atoms with Gasteiger partial charge < -0.3 is 5.11 Å². The third-order valence-electron chi connectivity index (χ3n) is 1.39. The average molecular weight is 206 g/mol. The van der Waals surface area contributed by atoms with E-state index >= 15 is 0 Å². The van der Waals surface area contributed by atoms with Crippen molar-refractivity contribution in [1.29, 1.82) is 0 Å². The molecule has 0 aromatic rings. The van der Waals surface area contributed by atoms with Gasteiger partial charge >= 0.3 is 12.1 Å². The van der Waals surface area contributed by atoms with Crippen molar-refractivity contribution < 1.29 is 31.9 Å². The first-order valence-electron chi connectivity index (χ1n) is 3.21. The maximum Gasteiger partial charge on any atom is 0.398 e. The molecular formula is C6H7F5O2. The Morgan fingerprint density at radius 2 is 1.69 bits per heavy atom. The minimum atomic E-state index is -5.20. The van der Waals surface area contributed by atoms with E-state index in [2.05, 4.69) is 0 Å². The van der Waals surface area contributed by atoms with Gasteiger partial charge in [0.25, 0.3) is 5.92 Å². The molecule has 0 saturated heterocycles. The topological polar surface area (TPSA) is 37.3 Å². The van der Waals surface area contributed by atoms with Crippen LogP contribution in [-0.4, -0.2) is 23.2 Å². The van der Waals surface area contributed by atoms with Crippen molar-refractivity contribution in [1.82, 2.24) is 0 Å². The number of carbonyl (C=O) groups is 1. The Balaban J connectivity index is 4.68. The molecule has 0 spiro atoms. The van der Waals surface area contributed by atoms with E-state index in [1.165, 1.54) is 0 Å². The van der Waals surface area contributed by atoms with Gasteiger partial charge in [-0.3, -0.25) is 4.79 Å². The Morgan fingerprint density at radius 1 is 1.31 bits per heavy atom. The molecule has 78 valence electrons. The monoisotopic (exact) mass is 206 g/mol. The van der Waals surface area contributed by atoms with Crippen LogP contribution in [0.15, 0.2) is 0 Å². The van der Waals surface area contributed by atoms with Crippen LogP contribution in [0.25, 0.3) is 0 Å². The zero-order valence-electron chi connectivity index (χ0n) is 6.53. The highest BCUT2D eigenvalue weighted by Gasteiger charge is 2.53. The van der Waals surface area contributed by atoms with Gasteiger partial charge in [-0.05, 0) is 6.92 Å². The molecule has 1 N–H and O–H groups in total. The number of aliphatic carboxylic acids is 1. The highest BCUT2D eigenvalue weighted by Crippen LogP contribution is 2.39. The maximum atomic E-state index is 12.3. The summed E-state index contributed by atoms with van der Waals surface area (Å²) >= 11 is 0. The van der Waals surface area contributed by atoms with Crippen molar-refractivity contribution in [3.05, 3.63) is 0 Å². The zero-order valence-corrected chi connectivity index (χ0v) is 6.53. The third kappa shape index (κ3) is 4.05. The lowest BCUT2D eigenvalue weighted by molar-refractivity contribution is -0.238. The van der Waals surface area contributed by atoms with Crippen LogP contribution in [0.4, 0.5) is 22.0 Å². The van der Waals surface area contributed by atoms with E-state index in [9.17, 15) is 26.7 Å². The Kier molecular flexibility index (Phi) is 3.23. The lowest BCUT2D eigenvalue weighted by atomic mass is 9.98. The van der Waals surface area contributed by atoms with E-state index in [-0.39, 0.29) is 6.92 Å². The van der Waals surface area contributed by atoms with Gasteiger partial charge in [0.2, 0.25) is 0 Å². The average Bonchev–Trinajstić information content (AvgIpc) is 1.77. The van der Waals surface area contributed by atoms with Crippen LogP contribution in [0.5, 0.6) is 0 Å². The Morgan fingerprint density at radius 3 is 1.77 bits per heavy atom. The highest BCUT2D eigenvalue weighted by atomic mass is 19.4. The summed E-state index contributed by atoms with van der Waals surface area (Å²) < 4.78 is 60.0. The molecule has 0 saturated carbocycles. The van der Waals surface area contributed by atoms with Crippen molar-refractivity contribution >= 4 is 5.97 Å². The van der Waals surface area contributed by atoms with Crippen molar-refractivity contribution in [2.24, 2.45) is 5.92 Å². The number of carboxylic acids is 1. The molecule has 0 amide bonds. The quantitative estimate of drug-likeness (QED) is 0.719. The number of rotatable bonds is 3. The molecule has 0 bridgehead atoms. The Labute approximate surface area is 70.3 Å². The SMILES string of the molecule is CC(F)(F)C(CC(=O)O)C(F)(F)F. The molecule has 0 aromatic heterocycles. The molecule has 2 nitrogen and oxygen atoms in total. The number of hydrogen-bond donors (Lipinski definition) is 1. The predicted molar refractivity (Wildman–Crippen MR) is 32.4 cm³/mol. The van der Waals surface area contributed by atoms with Gasteiger partial charge in [0.1, 0.15) is 5.92 Å². The molecule has 7 heteroatoms. The fourth-order valence-corrected chi connectivity index (χ4v) is 0.757. The van der Waals surface area contributed by atoms with Crippen LogP contribution in [-0.2, 0) is 4.79 Å². The summed E-state index contributed by atoms with van der Waals surface area (Å²) in [6, 6.07) is 0. The van der Waals surface area contributed by atoms with E-state index in [1.807, 2.05) is 0 Å². The second-order valence-corrected chi connectivity index (χ2v) is 2.65. The minimum Gasteiger partial charge on any atom is -0.481 e. The van der Waals surface area contributed by atoms with E-state index in [0.29, 0.717) is 0 Å². The van der Waals surface area contributed by atoms with Crippen LogP contribution in [0.3, 0.4) is 0 Å². The molecule has 0 aliphatic carbocycles. The van der Waals surface area contributed by atoms with Crippen molar-refractivity contribution in [2.75, 3.05) is 0 Å². The van der Waals surface area contributed by atoms with Crippen LogP contribution in [0.1, 0.15) is 13.3 Å². The number of alkyl halides is 5. The van der Waals surface area contributed by atoms with Crippen LogP contribution in [0, 0.1) is 5.92 Å². The molecule has 0 aliphatic heterocycles. The predicted octanol–water partition coefficient (Wildman–Crippen LogP) is 2.29. The fraction of sp³-hybridized carbons (Fsp3) is 0.833. The highest BCUT2D eigenvalue weighted by molar-refractivity contribution is 5.67. The van der Waals surface area contributed by atoms with Gasteiger partial charge in [0, 0.05) is 0 Å². The fourth-order valence-electron chi connectivity index (χ4n) is 0.757. The van der Waals surface area contributed by atoms with Gasteiger partial charge in [-0.15, -0.1) is 0 Å². The summed E-state index contributed by atoms with van der Waals surface area (Å²) in [5, 5.41) is 7.98. The molecular weight excluding hydrogens is 199 g/mol. The summed E-state index contributed by atoms with van der Waals surface area (Å²) in [5.74, 6) is -9.10. The Hall–Kier alpha value is -0.880. The van der Waals surface area contributed by atoms with E-state index in [0.717, 1.165) is 0 Å². The molecule has 0 aromatic carbocycles. The van der Waals surface area contributed by atoms with E-state index in [1.54, 1.807) is 0 Å². The van der Waals surface area contributed by atoms with Crippen LogP contribution in [0.2, 0.25) is 0 Å². The summed E-state index contributed by atoms with van der Waals surface area (Å²) in [6.45, 7) is 0.0497. The van der Waals surface area contributed by atoms with Gasteiger partial charge in [0.05, 0.1) is 6.42 Å². The molecule has 1 atom stereocenters. The van der Waals surface area contributed by atoms with E-state index in [4.69, 9.17) is 5.11 Å². The summed E-state index contributed by atoms with van der Waals surface area (Å²) in [4.78, 5) is 9.87. The van der Waals surface area contributed by atoms with E-state index < -0.39 is 30.4 Å². The number of hydrogen-bond acceptors (Lipinski definition) is 1. The summed E-state index contributed by atoms with van der Waals surface area (Å²) in [5.41, 5.74) is 0. The van der Waals surface area contributed by atoms with Gasteiger partial charge in [-0.1, -0.05) is 0 Å². The van der Waals surface area contributed by atoms with Gasteiger partial charge in [-0.25, -0.2) is 8.78 Å². The third-order valence-corrected chi connectivity index (χ3v) is 1.39. The molecule has 0 fully saturated rings. The first kappa shape index (κ1) is 12.1. The lowest BCUT2D eigenvalue weighted by Gasteiger charge is -2.24. The number of carboxylic acid groups (broad SMARTS) is 1. The minimum absolute atomic E-state index is 0.0497. The zero-order chi connectivity index (χ0) is 10.9. The van der Waals surface area contributed by atoms with Crippen molar-refractivity contribution in [3.63, 3.8) is 0 Å². The molecule has 0 heterocycles. The lowest BCUT2D eigenvalue weighted by Crippen LogP contribution is -2.38. The molecule has 0 aliphatic rings. The summed E-state index contributed by atoms with van der Waals surface area (Å²) in [6.07, 6.45) is -6.82. The van der Waals surface area contributed by atoms with Crippen molar-refractivity contribution in [3.8, 4) is 0 Å². The summed E-state index contributed by atoms with van der Waals surface area (Å²) in [7, 11) is 0. The standard InChI is InChI=1S/C6H7F5O2/c1-5(7,8)3(2-4(12)13)6(9,10)11/h3H,2H2,1H3,(H,12,13). The molecule has 0 rings (SSSR count). The van der Waals surface area contributed by atoms with Crippen LogP contribution >= 0.6 is 0 Å². The largest absolute Gasteiger partial charge is 0.481 e. The molecule has 1 unspecified atom stereocenters. The Bertz CT molecular complexity index is 178.